The summed E-state index contributed by atoms with van der Waals surface area (Å²) in [5, 5.41) is 4.61. The molecule has 0 atom stereocenters. The lowest BCUT2D eigenvalue weighted by Crippen LogP contribution is -2.41. The van der Waals surface area contributed by atoms with Gasteiger partial charge in [0.05, 0.1) is 5.69 Å². The molecule has 0 aliphatic heterocycles. The molecular formula is C13H12N4O3. The molecule has 3 rings (SSSR count). The molecule has 3 aromatic rings. The molecule has 0 aliphatic carbocycles. The molecule has 20 heavy (non-hydrogen) atoms. The Morgan fingerprint density at radius 3 is 2.50 bits per heavy atom. The molecule has 7 nitrogen and oxygen atoms in total. The zero-order chi connectivity index (χ0) is 14.3. The third-order valence-electron chi connectivity index (χ3n) is 3.09. The number of nitrogens with zero attached hydrogens (tertiary/aromatic N) is 4. The van der Waals surface area contributed by atoms with E-state index < -0.39 is 11.2 Å². The maximum Gasteiger partial charge on any atom is 0.366 e. The van der Waals surface area contributed by atoms with Crippen LogP contribution in [0.4, 0.5) is 0 Å². The molecule has 102 valence electrons. The lowest BCUT2D eigenvalue weighted by molar-refractivity contribution is 0.143. The van der Waals surface area contributed by atoms with Gasteiger partial charge < -0.3 is 4.84 Å². The fourth-order valence-electron chi connectivity index (χ4n) is 2.06. The predicted molar refractivity (Wildman–Crippen MR) is 73.1 cm³/mol. The monoisotopic (exact) mass is 272 g/mol. The zero-order valence-corrected chi connectivity index (χ0v) is 11.0. The summed E-state index contributed by atoms with van der Waals surface area (Å²) in [6.07, 6.45) is 1.59. The van der Waals surface area contributed by atoms with Gasteiger partial charge >= 0.3 is 11.2 Å². The van der Waals surface area contributed by atoms with Crippen LogP contribution in [0.2, 0.25) is 0 Å². The van der Waals surface area contributed by atoms with Crippen molar-refractivity contribution in [2.24, 2.45) is 7.05 Å². The number of hydrogen-bond donors (Lipinski definition) is 0. The molecule has 0 saturated heterocycles. The Morgan fingerprint density at radius 1 is 1.15 bits per heavy atom. The van der Waals surface area contributed by atoms with E-state index in [1.165, 1.54) is 11.7 Å². The molecule has 2 aromatic heterocycles. The van der Waals surface area contributed by atoms with E-state index in [2.05, 4.69) is 5.10 Å². The first-order chi connectivity index (χ1) is 9.63. The average molecular weight is 272 g/mol. The van der Waals surface area contributed by atoms with Gasteiger partial charge in [0, 0.05) is 13.2 Å². The van der Waals surface area contributed by atoms with Crippen LogP contribution < -0.4 is 16.1 Å². The van der Waals surface area contributed by atoms with Crippen LogP contribution in [0.15, 0.2) is 46.1 Å². The molecule has 0 bridgehead atoms. The van der Waals surface area contributed by atoms with Crippen LogP contribution in [0.3, 0.4) is 0 Å². The summed E-state index contributed by atoms with van der Waals surface area (Å²) in [4.78, 5) is 28.9. The second-order valence-corrected chi connectivity index (χ2v) is 4.27. The van der Waals surface area contributed by atoms with Gasteiger partial charge in [-0.1, -0.05) is 22.9 Å². The largest absolute Gasteiger partial charge is 0.409 e. The summed E-state index contributed by atoms with van der Waals surface area (Å²) < 4.78 is 3.55. The van der Waals surface area contributed by atoms with Gasteiger partial charge in [-0.25, -0.2) is 9.48 Å². The van der Waals surface area contributed by atoms with Crippen molar-refractivity contribution in [1.29, 1.82) is 0 Å². The summed E-state index contributed by atoms with van der Waals surface area (Å²) in [6, 6.07) is 9.35. The highest BCUT2D eigenvalue weighted by molar-refractivity contribution is 5.73. The first-order valence-corrected chi connectivity index (χ1v) is 5.95. The molecular weight excluding hydrogens is 260 g/mol. The normalized spacial score (nSPS) is 10.9. The predicted octanol–water partition coefficient (Wildman–Crippen LogP) is -0.0557. The lowest BCUT2D eigenvalue weighted by Gasteiger charge is -2.04. The van der Waals surface area contributed by atoms with Crippen molar-refractivity contribution in [3.05, 3.63) is 57.4 Å². The van der Waals surface area contributed by atoms with Gasteiger partial charge in [0.15, 0.2) is 5.65 Å². The number of aromatic nitrogens is 4. The Labute approximate surface area is 113 Å². The van der Waals surface area contributed by atoms with Crippen LogP contribution >= 0.6 is 0 Å². The topological polar surface area (TPSA) is 71.0 Å². The molecule has 0 spiro atoms. The number of rotatable bonds is 2. The standard InChI is InChI=1S/C13H12N4O3/c1-15-11-10(12(18)17(20-2)13(15)19)8-16(14-11)9-6-4-3-5-7-9/h3-8H,1-2H3. The fourth-order valence-corrected chi connectivity index (χ4v) is 2.06. The third kappa shape index (κ3) is 1.63. The van der Waals surface area contributed by atoms with Gasteiger partial charge in [-0.15, -0.1) is 5.10 Å². The molecule has 1 aromatic carbocycles. The first kappa shape index (κ1) is 12.2. The lowest BCUT2D eigenvalue weighted by atomic mass is 10.3. The summed E-state index contributed by atoms with van der Waals surface area (Å²) >= 11 is 0. The second-order valence-electron chi connectivity index (χ2n) is 4.27. The van der Waals surface area contributed by atoms with Crippen LogP contribution in [0.25, 0.3) is 16.7 Å². The van der Waals surface area contributed by atoms with Crippen molar-refractivity contribution in [3.63, 3.8) is 0 Å². The highest BCUT2D eigenvalue weighted by Crippen LogP contribution is 2.10. The van der Waals surface area contributed by atoms with E-state index in [9.17, 15) is 9.59 Å². The Kier molecular flexibility index (Phi) is 2.67. The molecule has 0 fully saturated rings. The number of para-hydroxylation sites is 1. The molecule has 0 radical (unpaired) electrons. The summed E-state index contributed by atoms with van der Waals surface area (Å²) in [7, 11) is 2.82. The minimum atomic E-state index is -0.566. The van der Waals surface area contributed by atoms with Gasteiger partial charge in [0.1, 0.15) is 12.5 Å². The van der Waals surface area contributed by atoms with Crippen LogP contribution in [-0.2, 0) is 7.05 Å². The van der Waals surface area contributed by atoms with E-state index in [1.807, 2.05) is 30.3 Å². The molecule has 0 unspecified atom stereocenters. The molecule has 0 aliphatic rings. The van der Waals surface area contributed by atoms with Crippen molar-refractivity contribution >= 4 is 11.0 Å². The van der Waals surface area contributed by atoms with E-state index >= 15 is 0 Å². The summed E-state index contributed by atoms with van der Waals surface area (Å²) in [5.41, 5.74) is 0.0350. The quantitative estimate of drug-likeness (QED) is 0.655. The Bertz CT molecular complexity index is 890. The molecule has 0 N–H and O–H groups in total. The SMILES string of the molecule is COn1c(=O)c2cn(-c3ccccc3)nc2n(C)c1=O. The smallest absolute Gasteiger partial charge is 0.366 e. The first-order valence-electron chi connectivity index (χ1n) is 5.95. The van der Waals surface area contributed by atoms with Crippen LogP contribution in [0.1, 0.15) is 0 Å². The van der Waals surface area contributed by atoms with Gasteiger partial charge in [-0.05, 0) is 12.1 Å². The maximum atomic E-state index is 12.1. The number of benzene rings is 1. The highest BCUT2D eigenvalue weighted by atomic mass is 16.7. The van der Waals surface area contributed by atoms with Crippen LogP contribution in [-0.4, -0.2) is 26.2 Å². The van der Waals surface area contributed by atoms with Crippen molar-refractivity contribution in [2.45, 2.75) is 0 Å². The van der Waals surface area contributed by atoms with Crippen molar-refractivity contribution < 1.29 is 4.84 Å². The minimum absolute atomic E-state index is 0.317. The van der Waals surface area contributed by atoms with Gasteiger partial charge in [0.2, 0.25) is 0 Å². The molecule has 2 heterocycles. The number of aryl methyl sites for hydroxylation is 1. The Balaban J connectivity index is 2.38. The average Bonchev–Trinajstić information content (AvgIpc) is 2.92. The van der Waals surface area contributed by atoms with Crippen molar-refractivity contribution in [1.82, 2.24) is 19.1 Å². The number of hydrogen-bond acceptors (Lipinski definition) is 4. The maximum absolute atomic E-state index is 12.1. The van der Waals surface area contributed by atoms with E-state index in [0.717, 1.165) is 5.69 Å². The van der Waals surface area contributed by atoms with Crippen molar-refractivity contribution in [3.8, 4) is 5.69 Å². The van der Waals surface area contributed by atoms with Crippen LogP contribution in [0.5, 0.6) is 0 Å². The molecule has 7 heteroatoms. The zero-order valence-electron chi connectivity index (χ0n) is 11.0. The Hall–Kier alpha value is -2.83. The summed E-state index contributed by atoms with van der Waals surface area (Å²) in [6.45, 7) is 0. The number of fused-ring (bicyclic) bond motifs is 1. The van der Waals surface area contributed by atoms with Gasteiger partial charge in [-0.2, -0.15) is 0 Å². The van der Waals surface area contributed by atoms with E-state index in [0.29, 0.717) is 15.8 Å². The fraction of sp³-hybridized carbons (Fsp3) is 0.154. The van der Waals surface area contributed by atoms with E-state index in [-0.39, 0.29) is 0 Å². The third-order valence-corrected chi connectivity index (χ3v) is 3.09. The van der Waals surface area contributed by atoms with E-state index in [1.54, 1.807) is 17.9 Å². The van der Waals surface area contributed by atoms with Gasteiger partial charge in [-0.3, -0.25) is 9.36 Å². The summed E-state index contributed by atoms with van der Waals surface area (Å²) in [5.74, 6) is 0. The van der Waals surface area contributed by atoms with Crippen molar-refractivity contribution in [2.75, 3.05) is 7.11 Å². The Morgan fingerprint density at radius 2 is 1.85 bits per heavy atom. The highest BCUT2D eigenvalue weighted by Gasteiger charge is 2.15. The van der Waals surface area contributed by atoms with E-state index in [4.69, 9.17) is 4.84 Å². The second kappa shape index (κ2) is 4.37. The molecule has 0 amide bonds. The molecule has 0 saturated carbocycles. The van der Waals surface area contributed by atoms with Crippen LogP contribution in [0, 0.1) is 0 Å². The minimum Gasteiger partial charge on any atom is -0.409 e. The van der Waals surface area contributed by atoms with Gasteiger partial charge in [0.25, 0.3) is 0 Å².